The van der Waals surface area contributed by atoms with Crippen molar-refractivity contribution in [2.45, 2.75) is 179 Å². The first-order valence-electron chi connectivity index (χ1n) is 17.9. The summed E-state index contributed by atoms with van der Waals surface area (Å²) in [5.41, 5.74) is -2.95. The minimum atomic E-state index is -1.82. The highest BCUT2D eigenvalue weighted by atomic mass is 16.7. The second-order valence-corrected chi connectivity index (χ2v) is 15.7. The molecule has 0 radical (unpaired) electrons. The summed E-state index contributed by atoms with van der Waals surface area (Å²) < 4.78 is 44.6. The van der Waals surface area contributed by atoms with E-state index >= 15 is 0 Å². The summed E-state index contributed by atoms with van der Waals surface area (Å²) in [7, 11) is 3.31. The van der Waals surface area contributed by atoms with Crippen molar-refractivity contribution in [1.29, 1.82) is 0 Å². The number of cyclic esters (lactones) is 1. The third-order valence-corrected chi connectivity index (χ3v) is 11.7. The molecule has 5 N–H and O–H groups in total. The maximum atomic E-state index is 14.2. The van der Waals surface area contributed by atoms with Crippen LogP contribution < -0.4 is 5.32 Å². The van der Waals surface area contributed by atoms with Gasteiger partial charge in [-0.15, -0.1) is 0 Å². The summed E-state index contributed by atoms with van der Waals surface area (Å²) in [5, 5.41) is 48.1. The Labute approximate surface area is 291 Å². The van der Waals surface area contributed by atoms with Gasteiger partial charge in [0.25, 0.3) is 0 Å². The van der Waals surface area contributed by atoms with Gasteiger partial charge in [-0.2, -0.15) is 0 Å². The van der Waals surface area contributed by atoms with Crippen molar-refractivity contribution < 1.29 is 58.4 Å². The zero-order valence-corrected chi connectivity index (χ0v) is 31.5. The van der Waals surface area contributed by atoms with Crippen molar-refractivity contribution in [2.75, 3.05) is 14.2 Å². The highest BCUT2D eigenvalue weighted by Gasteiger charge is 2.56. The maximum absolute atomic E-state index is 14.2. The van der Waals surface area contributed by atoms with Crippen molar-refractivity contribution in [3.05, 3.63) is 11.3 Å². The van der Waals surface area contributed by atoms with Crippen molar-refractivity contribution in [2.24, 2.45) is 17.8 Å². The van der Waals surface area contributed by atoms with Gasteiger partial charge in [-0.1, -0.05) is 20.8 Å². The molecule has 0 saturated carbocycles. The van der Waals surface area contributed by atoms with E-state index in [1.807, 2.05) is 34.6 Å². The number of carbonyl (C=O) groups excluding carboxylic acids is 1. The minimum Gasteiger partial charge on any atom is -0.488 e. The third-order valence-electron chi connectivity index (χ3n) is 11.7. The van der Waals surface area contributed by atoms with Gasteiger partial charge in [0.1, 0.15) is 41.4 Å². The van der Waals surface area contributed by atoms with Crippen LogP contribution in [0.5, 0.6) is 0 Å². The molecule has 4 aliphatic rings. The Bertz CT molecular complexity index is 1180. The molecule has 2 bridgehead atoms. The molecule has 0 unspecified atom stereocenters. The molecule has 0 amide bonds. The molecule has 0 aliphatic carbocycles. The fourth-order valence-corrected chi connectivity index (χ4v) is 8.52. The summed E-state index contributed by atoms with van der Waals surface area (Å²) in [6.45, 7) is 17.9. The molecule has 284 valence electrons. The number of fused-ring (bicyclic) bond motifs is 2. The van der Waals surface area contributed by atoms with Gasteiger partial charge >= 0.3 is 5.97 Å². The van der Waals surface area contributed by atoms with Gasteiger partial charge in [0, 0.05) is 31.9 Å². The van der Waals surface area contributed by atoms with Crippen LogP contribution in [0.25, 0.3) is 0 Å². The Morgan fingerprint density at radius 2 is 1.73 bits per heavy atom. The first-order chi connectivity index (χ1) is 22.7. The lowest BCUT2D eigenvalue weighted by Gasteiger charge is -2.48. The van der Waals surface area contributed by atoms with Crippen molar-refractivity contribution in [3.8, 4) is 0 Å². The van der Waals surface area contributed by atoms with Gasteiger partial charge in [0.15, 0.2) is 12.6 Å². The van der Waals surface area contributed by atoms with Gasteiger partial charge in [-0.3, -0.25) is 4.79 Å². The molecule has 4 heterocycles. The monoisotopic (exact) mass is 701 g/mol. The standard InChI is InChI=1S/C36H63NO12/c1-13-24(38)36(10,42)31-19(4)27-17(2)15-35(9,49-27)30(48-33-26(39)23(37-11)14-18(3)44-33)20(5)28(21(6)32(41)47-31)46-25-16-34(8,43-12)29(40)22(7)45-25/h18-26,28-31,33,37-40,42H,13-16H2,1-12H3/t18-,19+,20+,21-,22+,23+,24+,25+,26-,28+,29+,30-,31-,33+,34-,35-,36-/m1/s1. The highest BCUT2D eigenvalue weighted by molar-refractivity contribution is 5.73. The third kappa shape index (κ3) is 7.86. The van der Waals surface area contributed by atoms with Gasteiger partial charge in [0.2, 0.25) is 0 Å². The SMILES string of the molecule is CC[C@H](O)[C@@](C)(O)[C@@H]1OC(=O)[C@H](C)[C@@H](O[C@H]2C[C@@](C)(OC)[C@@H](O)[C@H](C)O2)[C@H](C)[C@@H](O[C@@H]2O[C@H](C)C[C@H](NC)[C@H]2O)[C@@]2(C)CC(C)=C(O2)[C@@H]1C. The van der Waals surface area contributed by atoms with Gasteiger partial charge in [-0.25, -0.2) is 0 Å². The number of ether oxygens (including phenoxy) is 7. The second-order valence-electron chi connectivity index (χ2n) is 15.7. The van der Waals surface area contributed by atoms with Crippen LogP contribution in [-0.4, -0.2) is 125 Å². The smallest absolute Gasteiger partial charge is 0.311 e. The first kappa shape index (κ1) is 40.4. The molecule has 4 aliphatic heterocycles. The number of hydrogen-bond acceptors (Lipinski definition) is 13. The number of rotatable bonds is 9. The Morgan fingerprint density at radius 3 is 2.33 bits per heavy atom. The second kappa shape index (κ2) is 15.3. The molecule has 0 aromatic carbocycles. The number of aliphatic hydroxyl groups excluding tert-OH is 3. The molecule has 49 heavy (non-hydrogen) atoms. The van der Waals surface area contributed by atoms with E-state index in [9.17, 15) is 25.2 Å². The van der Waals surface area contributed by atoms with E-state index in [2.05, 4.69) is 5.32 Å². The Morgan fingerprint density at radius 1 is 1.08 bits per heavy atom. The van der Waals surface area contributed by atoms with E-state index < -0.39 is 95.8 Å². The zero-order chi connectivity index (χ0) is 36.8. The van der Waals surface area contributed by atoms with Gasteiger partial charge in [-0.05, 0) is 73.9 Å². The molecule has 3 fully saturated rings. The number of nitrogens with one attached hydrogen (secondary N) is 1. The maximum Gasteiger partial charge on any atom is 0.311 e. The van der Waals surface area contributed by atoms with Crippen LogP contribution in [-0.2, 0) is 38.0 Å². The average molecular weight is 702 g/mol. The van der Waals surface area contributed by atoms with Crippen LogP contribution in [0, 0.1) is 17.8 Å². The average Bonchev–Trinajstić information content (AvgIpc) is 3.37. The first-order valence-corrected chi connectivity index (χ1v) is 17.9. The lowest BCUT2D eigenvalue weighted by Crippen LogP contribution is -2.60. The van der Waals surface area contributed by atoms with Crippen LogP contribution in [0.3, 0.4) is 0 Å². The Kier molecular flexibility index (Phi) is 12.6. The molecule has 0 aromatic rings. The van der Waals surface area contributed by atoms with E-state index in [1.54, 1.807) is 34.7 Å². The topological polar surface area (TPSA) is 175 Å². The summed E-state index contributed by atoms with van der Waals surface area (Å²) in [5.74, 6) is -2.26. The fourth-order valence-electron chi connectivity index (χ4n) is 8.52. The molecule has 13 heteroatoms. The normalized spacial score (nSPS) is 47.1. The van der Waals surface area contributed by atoms with Crippen LogP contribution in [0.15, 0.2) is 11.3 Å². The van der Waals surface area contributed by atoms with E-state index in [-0.39, 0.29) is 25.0 Å². The number of aliphatic hydroxyl groups is 4. The Balaban J connectivity index is 1.82. The highest BCUT2D eigenvalue weighted by Crippen LogP contribution is 2.48. The molecule has 13 nitrogen and oxygen atoms in total. The molecular formula is C36H63NO12. The molecule has 17 atom stereocenters. The zero-order valence-electron chi connectivity index (χ0n) is 31.5. The minimum absolute atomic E-state index is 0.174. The largest absolute Gasteiger partial charge is 0.488 e. The Hall–Kier alpha value is -1.39. The van der Waals surface area contributed by atoms with Crippen molar-refractivity contribution in [3.63, 3.8) is 0 Å². The molecule has 0 aromatic heterocycles. The van der Waals surface area contributed by atoms with Crippen LogP contribution in [0.4, 0.5) is 0 Å². The van der Waals surface area contributed by atoms with Crippen molar-refractivity contribution >= 4 is 5.97 Å². The summed E-state index contributed by atoms with van der Waals surface area (Å²) >= 11 is 0. The number of likely N-dealkylation sites (N-methyl/N-ethyl adjacent to an activating group) is 1. The van der Waals surface area contributed by atoms with E-state index in [4.69, 9.17) is 33.2 Å². The van der Waals surface area contributed by atoms with Crippen LogP contribution >= 0.6 is 0 Å². The number of carbonyl (C=O) groups is 1. The van der Waals surface area contributed by atoms with Gasteiger partial charge in [0.05, 0.1) is 41.9 Å². The van der Waals surface area contributed by atoms with E-state index in [1.165, 1.54) is 14.0 Å². The number of hydrogen-bond donors (Lipinski definition) is 5. The summed E-state index contributed by atoms with van der Waals surface area (Å²) in [6, 6.07) is -0.274. The number of methoxy groups -OCH3 is 1. The summed E-state index contributed by atoms with van der Waals surface area (Å²) in [6.07, 6.45) is -7.29. The predicted octanol–water partition coefficient (Wildman–Crippen LogP) is 2.55. The van der Waals surface area contributed by atoms with Crippen LogP contribution in [0.1, 0.15) is 94.9 Å². The quantitative estimate of drug-likeness (QED) is 0.222. The summed E-state index contributed by atoms with van der Waals surface area (Å²) in [4.78, 5) is 14.2. The number of esters is 1. The predicted molar refractivity (Wildman–Crippen MR) is 179 cm³/mol. The molecule has 0 spiro atoms. The van der Waals surface area contributed by atoms with Crippen LogP contribution in [0.2, 0.25) is 0 Å². The molecule has 4 rings (SSSR count). The molecule has 3 saturated heterocycles. The molecular weight excluding hydrogens is 638 g/mol. The van der Waals surface area contributed by atoms with Crippen molar-refractivity contribution in [1.82, 2.24) is 5.32 Å². The van der Waals surface area contributed by atoms with E-state index in [0.29, 0.717) is 18.6 Å². The van der Waals surface area contributed by atoms with E-state index in [0.717, 1.165) is 5.57 Å². The lowest BCUT2D eigenvalue weighted by molar-refractivity contribution is -0.314. The lowest BCUT2D eigenvalue weighted by atomic mass is 9.78. The fraction of sp³-hybridized carbons (Fsp3) is 0.917. The van der Waals surface area contributed by atoms with Gasteiger partial charge < -0.3 is 58.9 Å².